The summed E-state index contributed by atoms with van der Waals surface area (Å²) in [7, 11) is 0. The van der Waals surface area contributed by atoms with Crippen LogP contribution in [-0.4, -0.2) is 12.1 Å². The minimum absolute atomic E-state index is 0.140. The minimum atomic E-state index is -0.140. The maximum absolute atomic E-state index is 12.3. The van der Waals surface area contributed by atoms with E-state index >= 15 is 0 Å². The fourth-order valence-corrected chi connectivity index (χ4v) is 2.97. The fourth-order valence-electron chi connectivity index (χ4n) is 2.97. The molecule has 0 aliphatic heterocycles. The van der Waals surface area contributed by atoms with E-state index in [2.05, 4.69) is 10.5 Å². The Kier molecular flexibility index (Phi) is 4.29. The lowest BCUT2D eigenvalue weighted by molar-refractivity contribution is 0.0956. The van der Waals surface area contributed by atoms with Gasteiger partial charge in [0, 0.05) is 11.8 Å². The van der Waals surface area contributed by atoms with Crippen LogP contribution in [0.3, 0.4) is 0 Å². The summed E-state index contributed by atoms with van der Waals surface area (Å²) in [5, 5.41) is 6.19. The highest BCUT2D eigenvalue weighted by atomic mass is 16.2. The van der Waals surface area contributed by atoms with E-state index in [0.717, 1.165) is 10.8 Å². The molecule has 1 amide bonds. The van der Waals surface area contributed by atoms with Crippen LogP contribution < -0.4 is 5.43 Å². The van der Waals surface area contributed by atoms with Gasteiger partial charge in [-0.05, 0) is 35.6 Å². The monoisotopic (exact) mass is 280 g/mol. The summed E-state index contributed by atoms with van der Waals surface area (Å²) in [6.07, 6.45) is 8.15. The molecule has 0 radical (unpaired) electrons. The molecule has 1 aliphatic rings. The first kappa shape index (κ1) is 13.8. The lowest BCUT2D eigenvalue weighted by Gasteiger charge is -2.16. The van der Waals surface area contributed by atoms with E-state index in [9.17, 15) is 4.79 Å². The zero-order valence-corrected chi connectivity index (χ0v) is 12.1. The molecule has 3 heteroatoms. The van der Waals surface area contributed by atoms with Crippen LogP contribution in [0.5, 0.6) is 0 Å². The maximum atomic E-state index is 12.3. The van der Waals surface area contributed by atoms with Gasteiger partial charge >= 0.3 is 0 Å². The normalized spacial score (nSPS) is 16.4. The zero-order chi connectivity index (χ0) is 14.5. The Bertz CT molecular complexity index is 652. The number of hydrazone groups is 1. The van der Waals surface area contributed by atoms with E-state index in [1.54, 1.807) is 0 Å². The molecule has 0 saturated heterocycles. The van der Waals surface area contributed by atoms with Gasteiger partial charge in [-0.3, -0.25) is 4.79 Å². The molecule has 1 N–H and O–H groups in total. The number of hydrogen-bond acceptors (Lipinski definition) is 2. The second kappa shape index (κ2) is 6.53. The van der Waals surface area contributed by atoms with Crippen molar-refractivity contribution in [2.45, 2.75) is 32.1 Å². The van der Waals surface area contributed by atoms with E-state index in [-0.39, 0.29) is 5.91 Å². The summed E-state index contributed by atoms with van der Waals surface area (Å²) >= 11 is 0. The zero-order valence-electron chi connectivity index (χ0n) is 12.1. The number of carbonyl (C=O) groups excluding carboxylic acids is 1. The van der Waals surface area contributed by atoms with Gasteiger partial charge in [-0.1, -0.05) is 55.7 Å². The molecule has 0 spiro atoms. The molecule has 0 aromatic heterocycles. The van der Waals surface area contributed by atoms with Crippen molar-refractivity contribution in [3.63, 3.8) is 0 Å². The summed E-state index contributed by atoms with van der Waals surface area (Å²) in [4.78, 5) is 12.3. The highest BCUT2D eigenvalue weighted by molar-refractivity contribution is 6.07. The first-order chi connectivity index (χ1) is 10.3. The second-order valence-electron chi connectivity index (χ2n) is 5.64. The van der Waals surface area contributed by atoms with Crippen LogP contribution in [0, 0.1) is 5.92 Å². The van der Waals surface area contributed by atoms with E-state index in [4.69, 9.17) is 0 Å². The molecule has 1 fully saturated rings. The van der Waals surface area contributed by atoms with Gasteiger partial charge in [-0.25, -0.2) is 5.43 Å². The molecule has 0 unspecified atom stereocenters. The molecule has 108 valence electrons. The lowest BCUT2D eigenvalue weighted by atomic mass is 9.90. The molecule has 1 saturated carbocycles. The molecule has 2 aromatic carbocycles. The Balaban J connectivity index is 1.70. The summed E-state index contributed by atoms with van der Waals surface area (Å²) in [6, 6.07) is 13.7. The minimum Gasteiger partial charge on any atom is -0.267 e. The first-order valence-electron chi connectivity index (χ1n) is 7.66. The number of nitrogens with zero attached hydrogens (tertiary/aromatic N) is 1. The number of rotatable bonds is 3. The van der Waals surface area contributed by atoms with Crippen LogP contribution in [0.15, 0.2) is 47.6 Å². The molecular weight excluding hydrogens is 260 g/mol. The number of carbonyl (C=O) groups is 1. The molecular formula is C18H20N2O. The van der Waals surface area contributed by atoms with Gasteiger partial charge in [-0.2, -0.15) is 5.10 Å². The van der Waals surface area contributed by atoms with Crippen molar-refractivity contribution >= 4 is 22.9 Å². The van der Waals surface area contributed by atoms with Gasteiger partial charge in [0.25, 0.3) is 5.91 Å². The smallest absolute Gasteiger partial charge is 0.267 e. The van der Waals surface area contributed by atoms with Crippen molar-refractivity contribution in [3.05, 3.63) is 48.0 Å². The van der Waals surface area contributed by atoms with Crippen LogP contribution in [0.1, 0.15) is 42.5 Å². The van der Waals surface area contributed by atoms with Crippen LogP contribution in [0.25, 0.3) is 10.8 Å². The molecule has 1 aliphatic carbocycles. The Morgan fingerprint density at radius 2 is 1.81 bits per heavy atom. The molecule has 0 bridgehead atoms. The van der Waals surface area contributed by atoms with Crippen LogP contribution >= 0.6 is 0 Å². The van der Waals surface area contributed by atoms with Crippen molar-refractivity contribution in [2.24, 2.45) is 11.0 Å². The van der Waals surface area contributed by atoms with Crippen molar-refractivity contribution in [3.8, 4) is 0 Å². The van der Waals surface area contributed by atoms with Gasteiger partial charge < -0.3 is 0 Å². The number of nitrogens with one attached hydrogen (secondary N) is 1. The molecule has 0 heterocycles. The van der Waals surface area contributed by atoms with E-state index in [1.807, 2.05) is 48.7 Å². The summed E-state index contributed by atoms with van der Waals surface area (Å²) < 4.78 is 0. The van der Waals surface area contributed by atoms with Crippen molar-refractivity contribution < 1.29 is 4.79 Å². The Hall–Kier alpha value is -2.16. The van der Waals surface area contributed by atoms with Crippen molar-refractivity contribution in [2.75, 3.05) is 0 Å². The third-order valence-corrected chi connectivity index (χ3v) is 4.14. The second-order valence-corrected chi connectivity index (χ2v) is 5.64. The van der Waals surface area contributed by atoms with E-state index in [1.165, 1.54) is 32.1 Å². The standard InChI is InChI=1S/C18H20N2O/c21-18(20-19-13-14-7-2-1-3-8-14)17-12-6-10-15-9-4-5-11-16(15)17/h4-6,9-14H,1-3,7-8H2,(H,20,21)/b19-13-. The van der Waals surface area contributed by atoms with Gasteiger partial charge in [0.1, 0.15) is 0 Å². The molecule has 21 heavy (non-hydrogen) atoms. The van der Waals surface area contributed by atoms with Gasteiger partial charge in [0.15, 0.2) is 0 Å². The number of benzene rings is 2. The first-order valence-corrected chi connectivity index (χ1v) is 7.66. The SMILES string of the molecule is O=C(N/N=C\C1CCCCC1)c1cccc2ccccc12. The Morgan fingerprint density at radius 3 is 2.67 bits per heavy atom. The average molecular weight is 280 g/mol. The van der Waals surface area contributed by atoms with Gasteiger partial charge in [0.2, 0.25) is 0 Å². The average Bonchev–Trinajstić information content (AvgIpc) is 2.55. The van der Waals surface area contributed by atoms with Crippen molar-refractivity contribution in [1.82, 2.24) is 5.43 Å². The van der Waals surface area contributed by atoms with Crippen molar-refractivity contribution in [1.29, 1.82) is 0 Å². The number of hydrogen-bond donors (Lipinski definition) is 1. The van der Waals surface area contributed by atoms with Crippen LogP contribution in [0.4, 0.5) is 0 Å². The highest BCUT2D eigenvalue weighted by Crippen LogP contribution is 2.22. The molecule has 0 atom stereocenters. The topological polar surface area (TPSA) is 41.5 Å². The predicted octanol–water partition coefficient (Wildman–Crippen LogP) is 4.14. The number of amides is 1. The third-order valence-electron chi connectivity index (χ3n) is 4.14. The van der Waals surface area contributed by atoms with Crippen LogP contribution in [-0.2, 0) is 0 Å². The van der Waals surface area contributed by atoms with E-state index < -0.39 is 0 Å². The third kappa shape index (κ3) is 3.30. The Morgan fingerprint density at radius 1 is 1.05 bits per heavy atom. The number of fused-ring (bicyclic) bond motifs is 1. The molecule has 2 aromatic rings. The van der Waals surface area contributed by atoms with Gasteiger partial charge in [-0.15, -0.1) is 0 Å². The maximum Gasteiger partial charge on any atom is 0.271 e. The lowest BCUT2D eigenvalue weighted by Crippen LogP contribution is -2.19. The summed E-state index contributed by atoms with van der Waals surface area (Å²) in [5.74, 6) is 0.380. The fraction of sp³-hybridized carbons (Fsp3) is 0.333. The van der Waals surface area contributed by atoms with Crippen LogP contribution in [0.2, 0.25) is 0 Å². The largest absolute Gasteiger partial charge is 0.271 e. The molecule has 3 nitrogen and oxygen atoms in total. The predicted molar refractivity (Wildman–Crippen MR) is 86.5 cm³/mol. The van der Waals surface area contributed by atoms with E-state index in [0.29, 0.717) is 11.5 Å². The quantitative estimate of drug-likeness (QED) is 0.666. The Labute approximate surface area is 125 Å². The highest BCUT2D eigenvalue weighted by Gasteiger charge is 2.12. The summed E-state index contributed by atoms with van der Waals surface area (Å²) in [5.41, 5.74) is 3.34. The summed E-state index contributed by atoms with van der Waals surface area (Å²) in [6.45, 7) is 0. The van der Waals surface area contributed by atoms with Gasteiger partial charge in [0.05, 0.1) is 0 Å². The molecule has 3 rings (SSSR count).